The molecule has 3 amide bonds. The van der Waals surface area contributed by atoms with Gasteiger partial charge in [-0.3, -0.25) is 4.79 Å². The number of esters is 1. The van der Waals surface area contributed by atoms with Gasteiger partial charge in [0, 0.05) is 23.4 Å². The molecule has 3 rings (SSSR count). The van der Waals surface area contributed by atoms with E-state index in [1.54, 1.807) is 55.5 Å². The normalized spacial score (nSPS) is 10.1. The highest BCUT2D eigenvalue weighted by atomic mass is 16.5. The summed E-state index contributed by atoms with van der Waals surface area (Å²) in [7, 11) is 4.40. The van der Waals surface area contributed by atoms with Gasteiger partial charge in [0.2, 0.25) is 0 Å². The number of ether oxygens (including phenoxy) is 4. The molecule has 36 heavy (non-hydrogen) atoms. The fourth-order valence-corrected chi connectivity index (χ4v) is 3.29. The van der Waals surface area contributed by atoms with E-state index >= 15 is 0 Å². The molecule has 10 nitrogen and oxygen atoms in total. The van der Waals surface area contributed by atoms with Crippen molar-refractivity contribution in [2.45, 2.75) is 6.92 Å². The molecule has 3 aromatic carbocycles. The molecule has 0 aliphatic heterocycles. The summed E-state index contributed by atoms with van der Waals surface area (Å²) in [6, 6.07) is 15.7. The van der Waals surface area contributed by atoms with Crippen LogP contribution in [0, 0.1) is 0 Å². The predicted octanol–water partition coefficient (Wildman–Crippen LogP) is 4.79. The Bertz CT molecular complexity index is 1240. The van der Waals surface area contributed by atoms with Gasteiger partial charge in [0.1, 0.15) is 5.75 Å². The van der Waals surface area contributed by atoms with Gasteiger partial charge in [-0.1, -0.05) is 12.1 Å². The molecule has 0 saturated carbocycles. The van der Waals surface area contributed by atoms with Crippen LogP contribution in [-0.4, -0.2) is 45.8 Å². The largest absolute Gasteiger partial charge is 0.495 e. The van der Waals surface area contributed by atoms with Crippen LogP contribution in [0.5, 0.6) is 17.2 Å². The first-order chi connectivity index (χ1) is 17.4. The lowest BCUT2D eigenvalue weighted by Crippen LogP contribution is -2.20. The van der Waals surface area contributed by atoms with Crippen molar-refractivity contribution in [2.75, 3.05) is 43.9 Å². The monoisotopic (exact) mass is 493 g/mol. The summed E-state index contributed by atoms with van der Waals surface area (Å²) in [5.74, 6) is 0.0889. The number of rotatable bonds is 9. The number of urea groups is 1. The van der Waals surface area contributed by atoms with Gasteiger partial charge in [-0.05, 0) is 43.3 Å². The van der Waals surface area contributed by atoms with E-state index in [9.17, 15) is 14.4 Å². The van der Waals surface area contributed by atoms with E-state index in [2.05, 4.69) is 16.0 Å². The molecule has 0 fully saturated rings. The number of benzene rings is 3. The van der Waals surface area contributed by atoms with Gasteiger partial charge in [0.25, 0.3) is 5.91 Å². The molecule has 0 saturated heterocycles. The number of para-hydroxylation sites is 2. The van der Waals surface area contributed by atoms with E-state index in [1.807, 2.05) is 0 Å². The van der Waals surface area contributed by atoms with Gasteiger partial charge in [-0.25, -0.2) is 9.59 Å². The zero-order chi connectivity index (χ0) is 26.1. The third-order valence-electron chi connectivity index (χ3n) is 5.03. The first-order valence-corrected chi connectivity index (χ1v) is 11.0. The third kappa shape index (κ3) is 6.23. The van der Waals surface area contributed by atoms with E-state index in [-0.39, 0.29) is 17.9 Å². The Balaban J connectivity index is 1.73. The highest BCUT2D eigenvalue weighted by Gasteiger charge is 2.20. The lowest BCUT2D eigenvalue weighted by atomic mass is 10.1. The Kier molecular flexibility index (Phi) is 8.71. The van der Waals surface area contributed by atoms with E-state index in [0.29, 0.717) is 34.2 Å². The maximum absolute atomic E-state index is 12.9. The van der Waals surface area contributed by atoms with Crippen molar-refractivity contribution in [2.24, 2.45) is 0 Å². The van der Waals surface area contributed by atoms with Crippen molar-refractivity contribution in [1.29, 1.82) is 0 Å². The molecule has 0 aromatic heterocycles. The average molecular weight is 494 g/mol. The SMILES string of the molecule is CCOC(=O)c1cc(OC)c(OC)cc1NC(=O)c1ccc(NC(=O)Nc2ccccc2OC)cc1. The molecule has 0 heterocycles. The molecule has 10 heteroatoms. The van der Waals surface area contributed by atoms with Crippen LogP contribution < -0.4 is 30.2 Å². The minimum Gasteiger partial charge on any atom is -0.495 e. The molecule has 0 spiro atoms. The summed E-state index contributed by atoms with van der Waals surface area (Å²) >= 11 is 0. The van der Waals surface area contributed by atoms with Crippen molar-refractivity contribution in [3.05, 3.63) is 71.8 Å². The van der Waals surface area contributed by atoms with Crippen LogP contribution in [0.25, 0.3) is 0 Å². The maximum atomic E-state index is 12.9. The highest BCUT2D eigenvalue weighted by molar-refractivity contribution is 6.09. The maximum Gasteiger partial charge on any atom is 0.340 e. The van der Waals surface area contributed by atoms with Gasteiger partial charge in [0.15, 0.2) is 11.5 Å². The van der Waals surface area contributed by atoms with Crippen LogP contribution in [0.15, 0.2) is 60.7 Å². The summed E-state index contributed by atoms with van der Waals surface area (Å²) in [6.07, 6.45) is 0. The van der Waals surface area contributed by atoms with Gasteiger partial charge in [0.05, 0.1) is 44.9 Å². The molecule has 0 bridgehead atoms. The Morgan fingerprint density at radius 2 is 1.36 bits per heavy atom. The number of methoxy groups -OCH3 is 3. The second-order valence-electron chi connectivity index (χ2n) is 7.28. The van der Waals surface area contributed by atoms with Crippen molar-refractivity contribution >= 4 is 35.0 Å². The van der Waals surface area contributed by atoms with Crippen molar-refractivity contribution in [3.8, 4) is 17.2 Å². The van der Waals surface area contributed by atoms with Crippen molar-refractivity contribution in [3.63, 3.8) is 0 Å². The van der Waals surface area contributed by atoms with Crippen molar-refractivity contribution < 1.29 is 33.3 Å². The summed E-state index contributed by atoms with van der Waals surface area (Å²) < 4.78 is 20.9. The van der Waals surface area contributed by atoms with E-state index < -0.39 is 17.9 Å². The first-order valence-electron chi connectivity index (χ1n) is 11.0. The second kappa shape index (κ2) is 12.1. The Morgan fingerprint density at radius 1 is 0.722 bits per heavy atom. The molecule has 0 unspecified atom stereocenters. The van der Waals surface area contributed by atoms with Gasteiger partial charge >= 0.3 is 12.0 Å². The van der Waals surface area contributed by atoms with Gasteiger partial charge < -0.3 is 34.9 Å². The molecule has 3 aromatic rings. The van der Waals surface area contributed by atoms with Crippen LogP contribution in [0.4, 0.5) is 21.9 Å². The highest BCUT2D eigenvalue weighted by Crippen LogP contribution is 2.34. The summed E-state index contributed by atoms with van der Waals surface area (Å²) in [5.41, 5.74) is 1.61. The fourth-order valence-electron chi connectivity index (χ4n) is 3.29. The molecule has 0 aliphatic rings. The smallest absolute Gasteiger partial charge is 0.340 e. The molecule has 3 N–H and O–H groups in total. The zero-order valence-electron chi connectivity index (χ0n) is 20.3. The Hall–Kier alpha value is -4.73. The number of carbonyl (C=O) groups is 3. The zero-order valence-corrected chi connectivity index (χ0v) is 20.3. The number of anilines is 3. The summed E-state index contributed by atoms with van der Waals surface area (Å²) in [6.45, 7) is 1.85. The Labute approximate surface area is 208 Å². The molecular weight excluding hydrogens is 466 g/mol. The number of carbonyl (C=O) groups excluding carboxylic acids is 3. The van der Waals surface area contributed by atoms with Gasteiger partial charge in [-0.15, -0.1) is 0 Å². The van der Waals surface area contributed by atoms with E-state index in [1.165, 1.54) is 33.5 Å². The van der Waals surface area contributed by atoms with E-state index in [4.69, 9.17) is 18.9 Å². The number of hydrogen-bond donors (Lipinski definition) is 3. The number of hydrogen-bond acceptors (Lipinski definition) is 7. The van der Waals surface area contributed by atoms with Crippen LogP contribution in [0.2, 0.25) is 0 Å². The Morgan fingerprint density at radius 3 is 2.00 bits per heavy atom. The lowest BCUT2D eigenvalue weighted by Gasteiger charge is -2.15. The van der Waals surface area contributed by atoms with Gasteiger partial charge in [-0.2, -0.15) is 0 Å². The fraction of sp³-hybridized carbons (Fsp3) is 0.192. The second-order valence-corrected chi connectivity index (χ2v) is 7.28. The van der Waals surface area contributed by atoms with Crippen LogP contribution in [0.1, 0.15) is 27.6 Å². The quantitative estimate of drug-likeness (QED) is 0.366. The summed E-state index contributed by atoms with van der Waals surface area (Å²) in [5, 5.41) is 8.11. The number of amides is 3. The topological polar surface area (TPSA) is 124 Å². The van der Waals surface area contributed by atoms with Crippen LogP contribution >= 0.6 is 0 Å². The van der Waals surface area contributed by atoms with Crippen molar-refractivity contribution in [1.82, 2.24) is 0 Å². The molecular formula is C26H27N3O7. The standard InChI is InChI=1S/C26H27N3O7/c1-5-36-25(31)18-14-22(34-3)23(35-4)15-20(18)28-24(30)16-10-12-17(13-11-16)27-26(32)29-19-8-6-7-9-21(19)33-2/h6-15H,5H2,1-4H3,(H,28,30)(H2,27,29,32). The predicted molar refractivity (Wildman–Crippen MR) is 136 cm³/mol. The molecule has 0 atom stereocenters. The number of nitrogens with one attached hydrogen (secondary N) is 3. The third-order valence-corrected chi connectivity index (χ3v) is 5.03. The molecule has 0 radical (unpaired) electrons. The van der Waals surface area contributed by atoms with E-state index in [0.717, 1.165) is 0 Å². The lowest BCUT2D eigenvalue weighted by molar-refractivity contribution is 0.0527. The molecule has 188 valence electrons. The summed E-state index contributed by atoms with van der Waals surface area (Å²) in [4.78, 5) is 37.7. The molecule has 0 aliphatic carbocycles. The average Bonchev–Trinajstić information content (AvgIpc) is 2.89. The minimum absolute atomic E-state index is 0.120. The van der Waals surface area contributed by atoms with Crippen LogP contribution in [-0.2, 0) is 4.74 Å². The first kappa shape index (κ1) is 25.9. The van der Waals surface area contributed by atoms with Crippen LogP contribution in [0.3, 0.4) is 0 Å². The minimum atomic E-state index is -0.616.